The molecule has 4 aromatic rings. The van der Waals surface area contributed by atoms with Crippen molar-refractivity contribution in [3.8, 4) is 17.2 Å². The van der Waals surface area contributed by atoms with E-state index in [-0.39, 0.29) is 11.3 Å². The van der Waals surface area contributed by atoms with Crippen molar-refractivity contribution in [2.45, 2.75) is 26.7 Å². The van der Waals surface area contributed by atoms with Gasteiger partial charge in [0, 0.05) is 21.9 Å². The number of fused-ring (bicyclic) bond motifs is 2. The number of pyridine rings is 1. The number of hydrogen-bond donors (Lipinski definition) is 2. The monoisotopic (exact) mass is 385 g/mol. The van der Waals surface area contributed by atoms with E-state index in [1.807, 2.05) is 31.2 Å². The molecule has 144 valence electrons. The second-order valence-corrected chi connectivity index (χ2v) is 6.54. The van der Waals surface area contributed by atoms with E-state index in [0.717, 1.165) is 10.9 Å². The summed E-state index contributed by atoms with van der Waals surface area (Å²) in [7, 11) is 0. The van der Waals surface area contributed by atoms with E-state index < -0.39 is 12.9 Å². The third kappa shape index (κ3) is 3.08. The summed E-state index contributed by atoms with van der Waals surface area (Å²) in [6.07, 6.45) is -1.82. The van der Waals surface area contributed by atoms with Gasteiger partial charge in [-0.1, -0.05) is 18.2 Å². The predicted molar refractivity (Wildman–Crippen MR) is 100 cm³/mol. The summed E-state index contributed by atoms with van der Waals surface area (Å²) in [4.78, 5) is 4.61. The Labute approximate surface area is 158 Å². The van der Waals surface area contributed by atoms with Crippen molar-refractivity contribution in [3.63, 3.8) is 0 Å². The van der Waals surface area contributed by atoms with Gasteiger partial charge in [0.15, 0.2) is 12.1 Å². The van der Waals surface area contributed by atoms with Crippen LogP contribution in [0, 0.1) is 13.8 Å². The van der Waals surface area contributed by atoms with E-state index in [4.69, 9.17) is 4.42 Å². The number of benzene rings is 2. The zero-order chi connectivity index (χ0) is 20.0. The molecule has 5 nitrogen and oxygen atoms in total. The maximum Gasteiger partial charge on any atom is 0.387 e. The van der Waals surface area contributed by atoms with Crippen molar-refractivity contribution in [2.24, 2.45) is 0 Å². The SMILES string of the molecule is Cc1c(-c2cc(C(O)O)c3cc(OC(F)F)cc(C)c3n2)oc2ccccc12. The summed E-state index contributed by atoms with van der Waals surface area (Å²) >= 11 is 0. The molecule has 2 N–H and O–H groups in total. The minimum Gasteiger partial charge on any atom is -0.454 e. The van der Waals surface area contributed by atoms with E-state index >= 15 is 0 Å². The Balaban J connectivity index is 1.98. The van der Waals surface area contributed by atoms with Gasteiger partial charge < -0.3 is 19.4 Å². The number of aliphatic hydroxyl groups excluding tert-OH is 1. The number of halogens is 2. The van der Waals surface area contributed by atoms with Crippen LogP contribution in [-0.2, 0) is 0 Å². The van der Waals surface area contributed by atoms with Gasteiger partial charge in [-0.3, -0.25) is 0 Å². The number of nitrogens with zero attached hydrogens (tertiary/aromatic N) is 1. The molecule has 0 aliphatic carbocycles. The first-order valence-electron chi connectivity index (χ1n) is 8.60. The molecule has 0 atom stereocenters. The molecule has 4 rings (SSSR count). The first-order valence-corrected chi connectivity index (χ1v) is 8.60. The third-order valence-electron chi connectivity index (χ3n) is 4.69. The van der Waals surface area contributed by atoms with Crippen molar-refractivity contribution >= 4 is 21.9 Å². The fraction of sp³-hybridized carbons (Fsp3) is 0.190. The van der Waals surface area contributed by atoms with Crippen LogP contribution >= 0.6 is 0 Å². The van der Waals surface area contributed by atoms with E-state index in [1.165, 1.54) is 18.2 Å². The molecular weight excluding hydrogens is 368 g/mol. The topological polar surface area (TPSA) is 75.7 Å². The van der Waals surface area contributed by atoms with Gasteiger partial charge in [0.2, 0.25) is 0 Å². The highest BCUT2D eigenvalue weighted by molar-refractivity contribution is 5.91. The number of aryl methyl sites for hydroxylation is 2. The van der Waals surface area contributed by atoms with Crippen molar-refractivity contribution in [2.75, 3.05) is 0 Å². The van der Waals surface area contributed by atoms with Gasteiger partial charge >= 0.3 is 6.61 Å². The lowest BCUT2D eigenvalue weighted by molar-refractivity contribution is -0.0498. The molecule has 2 heterocycles. The number of aliphatic hydroxyl groups is 2. The fourth-order valence-corrected chi connectivity index (χ4v) is 3.41. The van der Waals surface area contributed by atoms with Crippen LogP contribution in [0.2, 0.25) is 0 Å². The summed E-state index contributed by atoms with van der Waals surface area (Å²) < 4.78 is 35.6. The Morgan fingerprint density at radius 3 is 2.46 bits per heavy atom. The fourth-order valence-electron chi connectivity index (χ4n) is 3.41. The van der Waals surface area contributed by atoms with Crippen LogP contribution in [0.15, 0.2) is 46.9 Å². The molecule has 0 unspecified atom stereocenters. The van der Waals surface area contributed by atoms with Gasteiger partial charge in [0.25, 0.3) is 0 Å². The molecule has 28 heavy (non-hydrogen) atoms. The molecular formula is C21H17F2NO4. The lowest BCUT2D eigenvalue weighted by atomic mass is 10.0. The van der Waals surface area contributed by atoms with Gasteiger partial charge in [0.1, 0.15) is 17.0 Å². The van der Waals surface area contributed by atoms with E-state index in [1.54, 1.807) is 6.92 Å². The summed E-state index contributed by atoms with van der Waals surface area (Å²) in [5, 5.41) is 21.0. The molecule has 0 amide bonds. The van der Waals surface area contributed by atoms with E-state index in [9.17, 15) is 19.0 Å². The van der Waals surface area contributed by atoms with Crippen LogP contribution in [-0.4, -0.2) is 21.8 Å². The van der Waals surface area contributed by atoms with Crippen LogP contribution in [0.3, 0.4) is 0 Å². The van der Waals surface area contributed by atoms with Crippen LogP contribution in [0.25, 0.3) is 33.3 Å². The molecule has 0 fully saturated rings. The number of ether oxygens (including phenoxy) is 1. The quantitative estimate of drug-likeness (QED) is 0.491. The second-order valence-electron chi connectivity index (χ2n) is 6.54. The molecule has 2 aromatic heterocycles. The van der Waals surface area contributed by atoms with Crippen LogP contribution in [0.1, 0.15) is 23.0 Å². The highest BCUT2D eigenvalue weighted by Crippen LogP contribution is 2.36. The zero-order valence-electron chi connectivity index (χ0n) is 15.1. The molecule has 7 heteroatoms. The lowest BCUT2D eigenvalue weighted by Crippen LogP contribution is -2.04. The van der Waals surface area contributed by atoms with Crippen molar-refractivity contribution < 1.29 is 28.1 Å². The summed E-state index contributed by atoms with van der Waals surface area (Å²) in [6, 6.07) is 11.8. The van der Waals surface area contributed by atoms with Crippen LogP contribution in [0.4, 0.5) is 8.78 Å². The lowest BCUT2D eigenvalue weighted by Gasteiger charge is -2.14. The summed E-state index contributed by atoms with van der Waals surface area (Å²) in [5.41, 5.74) is 3.13. The number of aromatic nitrogens is 1. The van der Waals surface area contributed by atoms with Crippen molar-refractivity contribution in [3.05, 3.63) is 59.2 Å². The Hall–Kier alpha value is -3.03. The Kier molecular flexibility index (Phi) is 4.49. The standard InChI is InChI=1S/C21H17F2NO4/c1-10-7-12(27-21(22)23)8-14-15(20(25)26)9-16(24-18(10)14)19-11(2)13-5-3-4-6-17(13)28-19/h3-9,20-21,25-26H,1-2H3. The van der Waals surface area contributed by atoms with E-state index in [0.29, 0.717) is 33.5 Å². The second kappa shape index (κ2) is 6.85. The number of para-hydroxylation sites is 1. The van der Waals surface area contributed by atoms with Gasteiger partial charge in [0.05, 0.1) is 5.52 Å². The van der Waals surface area contributed by atoms with E-state index in [2.05, 4.69) is 9.72 Å². The first-order chi connectivity index (χ1) is 13.3. The minimum absolute atomic E-state index is 0.0728. The maximum absolute atomic E-state index is 12.6. The molecule has 0 aliphatic rings. The maximum atomic E-state index is 12.6. The average molecular weight is 385 g/mol. The van der Waals surface area contributed by atoms with Gasteiger partial charge in [-0.05, 0) is 43.7 Å². The van der Waals surface area contributed by atoms with Gasteiger partial charge in [-0.25, -0.2) is 4.98 Å². The number of hydrogen-bond acceptors (Lipinski definition) is 5. The largest absolute Gasteiger partial charge is 0.454 e. The highest BCUT2D eigenvalue weighted by atomic mass is 19.3. The molecule has 0 spiro atoms. The number of rotatable bonds is 4. The third-order valence-corrected chi connectivity index (χ3v) is 4.69. The smallest absolute Gasteiger partial charge is 0.387 e. The van der Waals surface area contributed by atoms with Crippen molar-refractivity contribution in [1.82, 2.24) is 4.98 Å². The minimum atomic E-state index is -2.98. The zero-order valence-corrected chi connectivity index (χ0v) is 15.1. The Morgan fingerprint density at radius 2 is 1.79 bits per heavy atom. The Morgan fingerprint density at radius 1 is 1.04 bits per heavy atom. The molecule has 0 bridgehead atoms. The molecule has 2 aromatic carbocycles. The van der Waals surface area contributed by atoms with Gasteiger partial charge in [-0.2, -0.15) is 8.78 Å². The average Bonchev–Trinajstić information content (AvgIpc) is 2.97. The molecule has 0 radical (unpaired) electrons. The highest BCUT2D eigenvalue weighted by Gasteiger charge is 2.20. The summed E-state index contributed by atoms with van der Waals surface area (Å²) in [5.74, 6) is 0.439. The number of furan rings is 1. The summed E-state index contributed by atoms with van der Waals surface area (Å²) in [6.45, 7) is 0.607. The number of alkyl halides is 2. The molecule has 0 saturated heterocycles. The molecule has 0 aliphatic heterocycles. The first kappa shape index (κ1) is 18.3. The van der Waals surface area contributed by atoms with Gasteiger partial charge in [-0.15, -0.1) is 0 Å². The van der Waals surface area contributed by atoms with Crippen molar-refractivity contribution in [1.29, 1.82) is 0 Å². The van der Waals surface area contributed by atoms with Crippen LogP contribution < -0.4 is 4.74 Å². The predicted octanol–water partition coefficient (Wildman–Crippen LogP) is 4.85. The Bertz CT molecular complexity index is 1180. The normalized spacial score (nSPS) is 11.9. The van der Waals surface area contributed by atoms with Crippen LogP contribution in [0.5, 0.6) is 5.75 Å². The molecule has 0 saturated carbocycles.